The van der Waals surface area contributed by atoms with Crippen molar-refractivity contribution < 1.29 is 9.13 Å². The second-order valence-corrected chi connectivity index (χ2v) is 5.39. The van der Waals surface area contributed by atoms with E-state index in [2.05, 4.69) is 26.2 Å². The smallest absolute Gasteiger partial charge is 0.212 e. The van der Waals surface area contributed by atoms with Crippen LogP contribution in [0.3, 0.4) is 0 Å². The third kappa shape index (κ3) is 3.77. The number of rotatable bonds is 5. The van der Waals surface area contributed by atoms with Crippen LogP contribution in [0.1, 0.15) is 24.1 Å². The van der Waals surface area contributed by atoms with Crippen LogP contribution in [0.15, 0.2) is 41.0 Å². The first-order chi connectivity index (χ1) is 9.60. The van der Waals surface area contributed by atoms with Gasteiger partial charge in [-0.3, -0.25) is 0 Å². The van der Waals surface area contributed by atoms with E-state index in [9.17, 15) is 4.39 Å². The van der Waals surface area contributed by atoms with Gasteiger partial charge < -0.3 is 10.1 Å². The zero-order valence-corrected chi connectivity index (χ0v) is 12.9. The number of methoxy groups -OCH3 is 1. The molecule has 5 heteroatoms. The molecule has 0 fully saturated rings. The second kappa shape index (κ2) is 6.81. The SMILES string of the molecule is COc1ccc(CNC(C)c2ccc(Br)cc2F)cn1. The lowest BCUT2D eigenvalue weighted by Gasteiger charge is -2.15. The first-order valence-electron chi connectivity index (χ1n) is 6.27. The number of nitrogens with zero attached hydrogens (tertiary/aromatic N) is 1. The van der Waals surface area contributed by atoms with Crippen molar-refractivity contribution in [2.24, 2.45) is 0 Å². The normalized spacial score (nSPS) is 12.2. The summed E-state index contributed by atoms with van der Waals surface area (Å²) >= 11 is 3.25. The van der Waals surface area contributed by atoms with Crippen molar-refractivity contribution in [3.63, 3.8) is 0 Å². The molecule has 2 aromatic rings. The van der Waals surface area contributed by atoms with Crippen LogP contribution < -0.4 is 10.1 Å². The topological polar surface area (TPSA) is 34.1 Å². The minimum atomic E-state index is -0.216. The molecule has 0 aliphatic carbocycles. The first kappa shape index (κ1) is 14.9. The number of aromatic nitrogens is 1. The molecule has 0 aliphatic heterocycles. The summed E-state index contributed by atoms with van der Waals surface area (Å²) in [5.41, 5.74) is 1.67. The van der Waals surface area contributed by atoms with E-state index in [1.165, 1.54) is 6.07 Å². The van der Waals surface area contributed by atoms with Crippen molar-refractivity contribution in [2.75, 3.05) is 7.11 Å². The fraction of sp³-hybridized carbons (Fsp3) is 0.267. The molecule has 20 heavy (non-hydrogen) atoms. The van der Waals surface area contributed by atoms with E-state index in [0.29, 0.717) is 18.0 Å². The van der Waals surface area contributed by atoms with Gasteiger partial charge in [-0.25, -0.2) is 9.37 Å². The molecule has 1 unspecified atom stereocenters. The second-order valence-electron chi connectivity index (χ2n) is 4.48. The van der Waals surface area contributed by atoms with Crippen LogP contribution in [0, 0.1) is 5.82 Å². The van der Waals surface area contributed by atoms with Crippen LogP contribution in [-0.2, 0) is 6.54 Å². The molecule has 1 heterocycles. The quantitative estimate of drug-likeness (QED) is 0.899. The maximum atomic E-state index is 13.8. The van der Waals surface area contributed by atoms with E-state index in [-0.39, 0.29) is 11.9 Å². The van der Waals surface area contributed by atoms with E-state index < -0.39 is 0 Å². The lowest BCUT2D eigenvalue weighted by molar-refractivity contribution is 0.397. The van der Waals surface area contributed by atoms with E-state index in [1.807, 2.05) is 25.1 Å². The minimum absolute atomic E-state index is 0.0785. The Bertz CT molecular complexity index is 575. The maximum absolute atomic E-state index is 13.8. The molecule has 0 spiro atoms. The monoisotopic (exact) mass is 338 g/mol. The van der Waals surface area contributed by atoms with Gasteiger partial charge in [-0.05, 0) is 24.6 Å². The summed E-state index contributed by atoms with van der Waals surface area (Å²) in [6.07, 6.45) is 1.75. The van der Waals surface area contributed by atoms with Gasteiger partial charge in [-0.15, -0.1) is 0 Å². The Balaban J connectivity index is 1.98. The molecule has 1 atom stereocenters. The molecule has 0 bridgehead atoms. The molecule has 0 saturated carbocycles. The third-order valence-electron chi connectivity index (χ3n) is 3.05. The average Bonchev–Trinajstić information content (AvgIpc) is 2.45. The third-order valence-corrected chi connectivity index (χ3v) is 3.54. The Kier molecular flexibility index (Phi) is 5.09. The highest BCUT2D eigenvalue weighted by molar-refractivity contribution is 9.10. The minimum Gasteiger partial charge on any atom is -0.481 e. The number of hydrogen-bond acceptors (Lipinski definition) is 3. The Morgan fingerprint density at radius 2 is 2.15 bits per heavy atom. The van der Waals surface area contributed by atoms with Crippen molar-refractivity contribution >= 4 is 15.9 Å². The fourth-order valence-corrected chi connectivity index (χ4v) is 2.20. The Labute approximate surface area is 126 Å². The van der Waals surface area contributed by atoms with Gasteiger partial charge in [-0.1, -0.05) is 28.1 Å². The highest BCUT2D eigenvalue weighted by atomic mass is 79.9. The summed E-state index contributed by atoms with van der Waals surface area (Å²) in [6, 6.07) is 8.76. The maximum Gasteiger partial charge on any atom is 0.212 e. The molecule has 2 rings (SSSR count). The number of nitrogens with one attached hydrogen (secondary N) is 1. The summed E-state index contributed by atoms with van der Waals surface area (Å²) < 4.78 is 19.6. The lowest BCUT2D eigenvalue weighted by Crippen LogP contribution is -2.19. The highest BCUT2D eigenvalue weighted by Gasteiger charge is 2.10. The molecule has 1 aromatic carbocycles. The Morgan fingerprint density at radius 1 is 1.35 bits per heavy atom. The van der Waals surface area contributed by atoms with Gasteiger partial charge in [0.05, 0.1) is 7.11 Å². The summed E-state index contributed by atoms with van der Waals surface area (Å²) in [4.78, 5) is 4.13. The number of pyridine rings is 1. The van der Waals surface area contributed by atoms with E-state index in [4.69, 9.17) is 4.74 Å². The van der Waals surface area contributed by atoms with Crippen LogP contribution in [0.25, 0.3) is 0 Å². The molecule has 1 aromatic heterocycles. The average molecular weight is 339 g/mol. The van der Waals surface area contributed by atoms with Gasteiger partial charge in [0.2, 0.25) is 5.88 Å². The van der Waals surface area contributed by atoms with Crippen LogP contribution >= 0.6 is 15.9 Å². The van der Waals surface area contributed by atoms with Crippen molar-refractivity contribution in [2.45, 2.75) is 19.5 Å². The van der Waals surface area contributed by atoms with E-state index in [1.54, 1.807) is 19.4 Å². The molecule has 0 radical (unpaired) electrons. The fourth-order valence-electron chi connectivity index (χ4n) is 1.87. The summed E-state index contributed by atoms with van der Waals surface area (Å²) in [7, 11) is 1.58. The molecule has 0 amide bonds. The van der Waals surface area contributed by atoms with Gasteiger partial charge >= 0.3 is 0 Å². The van der Waals surface area contributed by atoms with Crippen LogP contribution in [0.5, 0.6) is 5.88 Å². The molecule has 3 nitrogen and oxygen atoms in total. The van der Waals surface area contributed by atoms with Gasteiger partial charge in [0, 0.05) is 34.9 Å². The number of ether oxygens (including phenoxy) is 1. The van der Waals surface area contributed by atoms with Crippen LogP contribution in [0.2, 0.25) is 0 Å². The molecule has 106 valence electrons. The summed E-state index contributed by atoms with van der Waals surface area (Å²) in [6.45, 7) is 2.55. The highest BCUT2D eigenvalue weighted by Crippen LogP contribution is 2.21. The number of halogens is 2. The molecule has 0 aliphatic rings. The zero-order chi connectivity index (χ0) is 14.5. The van der Waals surface area contributed by atoms with Gasteiger partial charge in [-0.2, -0.15) is 0 Å². The molecule has 1 N–H and O–H groups in total. The molecular formula is C15H16BrFN2O. The molecular weight excluding hydrogens is 323 g/mol. The Hall–Kier alpha value is -1.46. The predicted molar refractivity (Wildman–Crippen MR) is 80.1 cm³/mol. The van der Waals surface area contributed by atoms with Gasteiger partial charge in [0.1, 0.15) is 5.82 Å². The largest absolute Gasteiger partial charge is 0.481 e. The summed E-state index contributed by atoms with van der Waals surface area (Å²) in [5, 5.41) is 3.28. The van der Waals surface area contributed by atoms with Crippen molar-refractivity contribution in [1.82, 2.24) is 10.3 Å². The van der Waals surface area contributed by atoms with Crippen molar-refractivity contribution in [3.05, 3.63) is 57.9 Å². The van der Waals surface area contributed by atoms with Crippen LogP contribution in [0.4, 0.5) is 4.39 Å². The number of hydrogen-bond donors (Lipinski definition) is 1. The predicted octanol–water partition coefficient (Wildman–Crippen LogP) is 3.84. The van der Waals surface area contributed by atoms with Crippen molar-refractivity contribution in [3.8, 4) is 5.88 Å². The number of benzene rings is 1. The van der Waals surface area contributed by atoms with E-state index in [0.717, 1.165) is 10.0 Å². The molecule has 0 saturated heterocycles. The zero-order valence-electron chi connectivity index (χ0n) is 11.4. The van der Waals surface area contributed by atoms with E-state index >= 15 is 0 Å². The first-order valence-corrected chi connectivity index (χ1v) is 7.06. The van der Waals surface area contributed by atoms with Crippen LogP contribution in [-0.4, -0.2) is 12.1 Å². The lowest BCUT2D eigenvalue weighted by atomic mass is 10.1. The van der Waals surface area contributed by atoms with Crippen molar-refractivity contribution in [1.29, 1.82) is 0 Å². The Morgan fingerprint density at radius 3 is 2.75 bits per heavy atom. The summed E-state index contributed by atoms with van der Waals surface area (Å²) in [5.74, 6) is 0.369. The van der Waals surface area contributed by atoms with Gasteiger partial charge in [0.15, 0.2) is 0 Å². The standard InChI is InChI=1S/C15H16BrFN2O/c1-10(13-5-4-12(16)7-14(13)17)18-8-11-3-6-15(20-2)19-9-11/h3-7,9-10,18H,8H2,1-2H3. The van der Waals surface area contributed by atoms with Gasteiger partial charge in [0.25, 0.3) is 0 Å².